The zero-order valence-corrected chi connectivity index (χ0v) is 11.4. The summed E-state index contributed by atoms with van der Waals surface area (Å²) >= 11 is 0. The molecule has 22 heavy (non-hydrogen) atoms. The van der Waals surface area contributed by atoms with Crippen LogP contribution in [0.5, 0.6) is 11.5 Å². The van der Waals surface area contributed by atoms with Crippen molar-refractivity contribution >= 4 is 17.6 Å². The Morgan fingerprint density at radius 2 is 1.82 bits per heavy atom. The molecular weight excluding hydrogens is 290 g/mol. The monoisotopic (exact) mass is 302 g/mol. The van der Waals surface area contributed by atoms with Gasteiger partial charge in [0.25, 0.3) is 0 Å². The summed E-state index contributed by atoms with van der Waals surface area (Å²) in [6.45, 7) is 0.143. The van der Waals surface area contributed by atoms with Crippen LogP contribution in [0.4, 0.5) is 5.69 Å². The van der Waals surface area contributed by atoms with Gasteiger partial charge in [0.15, 0.2) is 11.5 Å². The van der Waals surface area contributed by atoms with Crippen molar-refractivity contribution in [3.63, 3.8) is 0 Å². The number of carboxylic acids is 1. The summed E-state index contributed by atoms with van der Waals surface area (Å²) in [5.41, 5.74) is 0.512. The van der Waals surface area contributed by atoms with Gasteiger partial charge in [0.05, 0.1) is 18.1 Å². The number of hydrogen-bond acceptors (Lipinski definition) is 6. The molecule has 3 heterocycles. The summed E-state index contributed by atoms with van der Waals surface area (Å²) in [5, 5.41) is 14.0. The number of carboxylic acid groups (broad SMARTS) is 1. The summed E-state index contributed by atoms with van der Waals surface area (Å²) in [6.07, 6.45) is 2.26. The van der Waals surface area contributed by atoms with E-state index >= 15 is 0 Å². The number of benzene rings is 1. The first-order valence-corrected chi connectivity index (χ1v) is 6.88. The third-order valence-electron chi connectivity index (χ3n) is 4.11. The largest absolute Gasteiger partial charge is 0.550 e. The number of nitrogens with one attached hydrogen (secondary N) is 1. The highest BCUT2D eigenvalue weighted by Crippen LogP contribution is 2.40. The van der Waals surface area contributed by atoms with Crippen LogP contribution in [-0.4, -0.2) is 30.9 Å². The topological polar surface area (TPSA) is 96.9 Å². The quantitative estimate of drug-likeness (QED) is 0.768. The fourth-order valence-electron chi connectivity index (χ4n) is 3.10. The van der Waals surface area contributed by atoms with E-state index in [1.807, 2.05) is 0 Å². The number of anilines is 1. The highest BCUT2D eigenvalue weighted by molar-refractivity contribution is 5.96. The molecule has 0 radical (unpaired) electrons. The first kappa shape index (κ1) is 13.1. The van der Waals surface area contributed by atoms with Crippen molar-refractivity contribution in [3.05, 3.63) is 30.4 Å². The molecule has 7 nitrogen and oxygen atoms in total. The van der Waals surface area contributed by atoms with Crippen molar-refractivity contribution < 1.29 is 28.9 Å². The molecule has 1 amide bonds. The van der Waals surface area contributed by atoms with Crippen LogP contribution in [-0.2, 0) is 14.3 Å². The summed E-state index contributed by atoms with van der Waals surface area (Å²) in [4.78, 5) is 23.7. The molecule has 3 aliphatic heterocycles. The lowest BCUT2D eigenvalue weighted by Crippen LogP contribution is -2.45. The lowest BCUT2D eigenvalue weighted by atomic mass is 9.82. The van der Waals surface area contributed by atoms with E-state index in [9.17, 15) is 14.7 Å². The average molecular weight is 302 g/mol. The lowest BCUT2D eigenvalue weighted by Gasteiger charge is -2.24. The van der Waals surface area contributed by atoms with E-state index in [0.717, 1.165) is 0 Å². The van der Waals surface area contributed by atoms with Gasteiger partial charge in [-0.1, -0.05) is 12.2 Å². The highest BCUT2D eigenvalue weighted by atomic mass is 16.7. The van der Waals surface area contributed by atoms with Crippen molar-refractivity contribution in [2.24, 2.45) is 11.8 Å². The molecule has 0 aromatic heterocycles. The molecular formula is C15H12NO6-. The van der Waals surface area contributed by atoms with Gasteiger partial charge in [-0.2, -0.15) is 0 Å². The Morgan fingerprint density at radius 1 is 1.09 bits per heavy atom. The number of hydrogen-bond donors (Lipinski definition) is 1. The normalized spacial score (nSPS) is 30.5. The molecule has 114 valence electrons. The zero-order chi connectivity index (χ0) is 15.3. The lowest BCUT2D eigenvalue weighted by molar-refractivity contribution is -0.313. The summed E-state index contributed by atoms with van der Waals surface area (Å²) in [7, 11) is 0. The van der Waals surface area contributed by atoms with E-state index in [0.29, 0.717) is 17.2 Å². The maximum absolute atomic E-state index is 12.4. The Balaban J connectivity index is 1.55. The van der Waals surface area contributed by atoms with E-state index < -0.39 is 35.9 Å². The molecule has 0 aliphatic carbocycles. The minimum atomic E-state index is -1.28. The Hall–Kier alpha value is -2.54. The van der Waals surface area contributed by atoms with Gasteiger partial charge < -0.3 is 29.4 Å². The van der Waals surface area contributed by atoms with Crippen LogP contribution in [0, 0.1) is 11.8 Å². The Labute approximate surface area is 125 Å². The van der Waals surface area contributed by atoms with E-state index in [4.69, 9.17) is 14.2 Å². The van der Waals surface area contributed by atoms with Gasteiger partial charge in [-0.05, 0) is 12.1 Å². The number of fused-ring (bicyclic) bond motifs is 3. The maximum atomic E-state index is 12.4. The molecule has 1 saturated heterocycles. The van der Waals surface area contributed by atoms with Crippen LogP contribution >= 0.6 is 0 Å². The fraction of sp³-hybridized carbons (Fsp3) is 0.333. The number of aliphatic carboxylic acids is 1. The molecule has 2 bridgehead atoms. The molecule has 1 aromatic carbocycles. The van der Waals surface area contributed by atoms with Crippen molar-refractivity contribution in [3.8, 4) is 11.5 Å². The van der Waals surface area contributed by atoms with E-state index in [1.165, 1.54) is 0 Å². The van der Waals surface area contributed by atoms with Crippen LogP contribution in [0.25, 0.3) is 0 Å². The van der Waals surface area contributed by atoms with Gasteiger partial charge in [-0.15, -0.1) is 0 Å². The highest BCUT2D eigenvalue weighted by Gasteiger charge is 2.50. The number of carbonyl (C=O) groups is 2. The zero-order valence-electron chi connectivity index (χ0n) is 11.4. The van der Waals surface area contributed by atoms with Crippen molar-refractivity contribution in [1.82, 2.24) is 0 Å². The van der Waals surface area contributed by atoms with Gasteiger partial charge in [-0.3, -0.25) is 4.79 Å². The van der Waals surface area contributed by atoms with Crippen LogP contribution in [0.1, 0.15) is 0 Å². The van der Waals surface area contributed by atoms with Crippen molar-refractivity contribution in [2.75, 3.05) is 12.1 Å². The molecule has 0 unspecified atom stereocenters. The number of carbonyl (C=O) groups excluding carboxylic acids is 2. The third kappa shape index (κ3) is 1.93. The average Bonchev–Trinajstić information content (AvgIpc) is 3.20. The van der Waals surface area contributed by atoms with Gasteiger partial charge in [0, 0.05) is 23.6 Å². The van der Waals surface area contributed by atoms with Gasteiger partial charge in [-0.25, -0.2) is 0 Å². The third-order valence-corrected chi connectivity index (χ3v) is 4.11. The molecule has 1 fully saturated rings. The molecule has 7 heteroatoms. The minimum Gasteiger partial charge on any atom is -0.550 e. The first-order valence-electron chi connectivity index (χ1n) is 6.88. The van der Waals surface area contributed by atoms with Gasteiger partial charge in [0.1, 0.15) is 0 Å². The predicted molar refractivity (Wildman–Crippen MR) is 71.0 cm³/mol. The van der Waals surface area contributed by atoms with E-state index in [2.05, 4.69) is 5.32 Å². The Kier molecular flexibility index (Phi) is 2.83. The van der Waals surface area contributed by atoms with Crippen LogP contribution in [0.3, 0.4) is 0 Å². The standard InChI is InChI=1S/C15H13NO6/c17-14(12-9-3-4-10(22-9)13(12)15(18)19)16-7-1-2-8-11(5-7)21-6-20-8/h1-5,9-10,12-13H,6H2,(H,16,17)(H,18,19)/p-1/t9-,10+,12-,13+/m1/s1. The number of amides is 1. The Morgan fingerprint density at radius 3 is 2.59 bits per heavy atom. The second-order valence-corrected chi connectivity index (χ2v) is 5.38. The maximum Gasteiger partial charge on any atom is 0.231 e. The minimum absolute atomic E-state index is 0.143. The second kappa shape index (κ2) is 4.74. The van der Waals surface area contributed by atoms with Crippen molar-refractivity contribution in [2.45, 2.75) is 12.2 Å². The molecule has 1 N–H and O–H groups in total. The summed E-state index contributed by atoms with van der Waals surface area (Å²) in [5.74, 6) is -2.31. The molecule has 0 spiro atoms. The van der Waals surface area contributed by atoms with E-state index in [-0.39, 0.29) is 6.79 Å². The van der Waals surface area contributed by atoms with Crippen LogP contribution in [0.2, 0.25) is 0 Å². The molecule has 0 saturated carbocycles. The number of ether oxygens (including phenoxy) is 3. The van der Waals surface area contributed by atoms with Gasteiger partial charge in [0.2, 0.25) is 12.7 Å². The summed E-state index contributed by atoms with van der Waals surface area (Å²) in [6, 6.07) is 4.99. The van der Waals surface area contributed by atoms with Crippen LogP contribution < -0.4 is 19.9 Å². The molecule has 4 atom stereocenters. The first-order chi connectivity index (χ1) is 10.6. The van der Waals surface area contributed by atoms with E-state index in [1.54, 1.807) is 30.4 Å². The van der Waals surface area contributed by atoms with Crippen LogP contribution in [0.15, 0.2) is 30.4 Å². The molecule has 4 rings (SSSR count). The van der Waals surface area contributed by atoms with Crippen molar-refractivity contribution in [1.29, 1.82) is 0 Å². The van der Waals surface area contributed by atoms with Gasteiger partial charge >= 0.3 is 0 Å². The molecule has 1 aromatic rings. The number of rotatable bonds is 3. The summed E-state index contributed by atoms with van der Waals surface area (Å²) < 4.78 is 15.9. The fourth-order valence-corrected chi connectivity index (χ4v) is 3.10. The molecule has 3 aliphatic rings. The predicted octanol–water partition coefficient (Wildman–Crippen LogP) is -0.327. The Bertz CT molecular complexity index is 685. The smallest absolute Gasteiger partial charge is 0.231 e. The second-order valence-electron chi connectivity index (χ2n) is 5.38. The SMILES string of the molecule is O=C([O-])[C@@H]1[C@H](C(=O)Nc2ccc3c(c2)OCO3)[C@H]2C=C[C@@H]1O2.